The second kappa shape index (κ2) is 12.1. The van der Waals surface area contributed by atoms with Crippen molar-refractivity contribution in [3.8, 4) is 0 Å². The number of halogens is 1. The molecule has 1 fully saturated rings. The maximum Gasteiger partial charge on any atom is 0.317 e. The van der Waals surface area contributed by atoms with Crippen LogP contribution in [0.15, 0.2) is 48.5 Å². The molecule has 0 aromatic heterocycles. The number of anilines is 2. The largest absolute Gasteiger partial charge is 0.368 e. The summed E-state index contributed by atoms with van der Waals surface area (Å²) in [5, 5.41) is 5.86. The summed E-state index contributed by atoms with van der Waals surface area (Å²) in [6, 6.07) is 13.4. The molecular weight excluding hydrogens is 473 g/mol. The Balaban J connectivity index is 1.54. The molecule has 1 aliphatic rings. The third-order valence-electron chi connectivity index (χ3n) is 5.99. The predicted octanol–water partition coefficient (Wildman–Crippen LogP) is 4.08. The number of rotatable bonds is 7. The third kappa shape index (κ3) is 8.48. The van der Waals surface area contributed by atoms with E-state index in [0.717, 1.165) is 24.3 Å². The maximum absolute atomic E-state index is 13.2. The van der Waals surface area contributed by atoms with Crippen LogP contribution in [0, 0.1) is 11.7 Å². The Labute approximate surface area is 218 Å². The molecule has 9 heteroatoms. The van der Waals surface area contributed by atoms with Gasteiger partial charge in [-0.15, -0.1) is 0 Å². The summed E-state index contributed by atoms with van der Waals surface area (Å²) in [5.74, 6) is -1.07. The molecule has 2 aromatic carbocycles. The van der Waals surface area contributed by atoms with Crippen LogP contribution in [-0.4, -0.2) is 65.9 Å². The van der Waals surface area contributed by atoms with Gasteiger partial charge in [0.15, 0.2) is 0 Å². The molecule has 1 heterocycles. The molecule has 200 valence electrons. The Bertz CT molecular complexity index is 1070. The summed E-state index contributed by atoms with van der Waals surface area (Å²) in [6.07, 6.45) is 0. The van der Waals surface area contributed by atoms with E-state index in [2.05, 4.69) is 15.5 Å². The molecule has 0 aliphatic carbocycles. The van der Waals surface area contributed by atoms with Crippen molar-refractivity contribution in [2.45, 2.75) is 46.7 Å². The van der Waals surface area contributed by atoms with Crippen molar-refractivity contribution in [3.63, 3.8) is 0 Å². The van der Waals surface area contributed by atoms with Crippen LogP contribution in [0.25, 0.3) is 0 Å². The molecule has 2 N–H and O–H groups in total. The van der Waals surface area contributed by atoms with Crippen LogP contribution in [0.5, 0.6) is 0 Å². The molecular formula is C28H38FN5O3. The standard InChI is InChI=1S/C28H38FN5O3/c1-20(2)26(36)34(18-21-6-8-22(29)9-7-21)19-25(35)30-23-10-12-24(13-11-23)32-14-16-33(17-15-32)27(37)31-28(3,4)5/h6-13,20H,14-19H2,1-5H3,(H,30,35)(H,31,37). The summed E-state index contributed by atoms with van der Waals surface area (Å²) in [6.45, 7) is 12.3. The Kier molecular flexibility index (Phi) is 9.13. The number of nitrogens with one attached hydrogen (secondary N) is 2. The number of hydrogen-bond acceptors (Lipinski definition) is 4. The van der Waals surface area contributed by atoms with Gasteiger partial charge in [-0.2, -0.15) is 0 Å². The lowest BCUT2D eigenvalue weighted by molar-refractivity contribution is -0.138. The van der Waals surface area contributed by atoms with E-state index in [0.29, 0.717) is 18.8 Å². The Hall–Kier alpha value is -3.62. The van der Waals surface area contributed by atoms with Gasteiger partial charge in [0.2, 0.25) is 11.8 Å². The average Bonchev–Trinajstić information content (AvgIpc) is 2.84. The number of carbonyl (C=O) groups is 3. The molecule has 8 nitrogen and oxygen atoms in total. The SMILES string of the molecule is CC(C)C(=O)N(CC(=O)Nc1ccc(N2CCN(C(=O)NC(C)(C)C)CC2)cc1)Cc1ccc(F)cc1. The van der Waals surface area contributed by atoms with Crippen LogP contribution in [0.1, 0.15) is 40.2 Å². The molecule has 0 saturated carbocycles. The predicted molar refractivity (Wildman–Crippen MR) is 144 cm³/mol. The van der Waals surface area contributed by atoms with Gasteiger partial charge in [-0.3, -0.25) is 9.59 Å². The molecule has 0 unspecified atom stereocenters. The summed E-state index contributed by atoms with van der Waals surface area (Å²) in [5.41, 5.74) is 2.13. The lowest BCUT2D eigenvalue weighted by Gasteiger charge is -2.37. The van der Waals surface area contributed by atoms with E-state index in [1.807, 2.05) is 49.9 Å². The average molecular weight is 512 g/mol. The second-order valence-corrected chi connectivity index (χ2v) is 10.7. The lowest BCUT2D eigenvalue weighted by atomic mass is 10.1. The second-order valence-electron chi connectivity index (χ2n) is 10.7. The number of urea groups is 1. The first-order valence-electron chi connectivity index (χ1n) is 12.7. The van der Waals surface area contributed by atoms with Gasteiger partial charge >= 0.3 is 6.03 Å². The van der Waals surface area contributed by atoms with Gasteiger partial charge in [-0.25, -0.2) is 9.18 Å². The number of carbonyl (C=O) groups excluding carboxylic acids is 3. The van der Waals surface area contributed by atoms with Crippen LogP contribution >= 0.6 is 0 Å². The molecule has 0 bridgehead atoms. The van der Waals surface area contributed by atoms with Gasteiger partial charge < -0.3 is 25.3 Å². The zero-order chi connectivity index (χ0) is 27.2. The van der Waals surface area contributed by atoms with Crippen LogP contribution < -0.4 is 15.5 Å². The number of hydrogen-bond donors (Lipinski definition) is 2. The van der Waals surface area contributed by atoms with Gasteiger partial charge in [0.25, 0.3) is 0 Å². The maximum atomic E-state index is 13.2. The van der Waals surface area contributed by atoms with Crippen molar-refractivity contribution in [1.29, 1.82) is 0 Å². The first-order chi connectivity index (χ1) is 17.4. The van der Waals surface area contributed by atoms with Gasteiger partial charge in [-0.1, -0.05) is 26.0 Å². The van der Waals surface area contributed by atoms with Crippen LogP contribution in [0.3, 0.4) is 0 Å². The summed E-state index contributed by atoms with van der Waals surface area (Å²) in [7, 11) is 0. The normalized spacial score (nSPS) is 13.9. The highest BCUT2D eigenvalue weighted by Crippen LogP contribution is 2.20. The lowest BCUT2D eigenvalue weighted by Crippen LogP contribution is -2.55. The number of piperazine rings is 1. The minimum absolute atomic E-state index is 0.0466. The molecule has 37 heavy (non-hydrogen) atoms. The molecule has 0 atom stereocenters. The van der Waals surface area contributed by atoms with Gasteiger partial charge in [-0.05, 0) is 62.7 Å². The molecule has 1 saturated heterocycles. The van der Waals surface area contributed by atoms with Gasteiger partial charge in [0, 0.05) is 55.6 Å². The fourth-order valence-corrected chi connectivity index (χ4v) is 4.08. The van der Waals surface area contributed by atoms with E-state index >= 15 is 0 Å². The minimum Gasteiger partial charge on any atom is -0.368 e. The Morgan fingerprint density at radius 1 is 0.946 bits per heavy atom. The zero-order valence-electron chi connectivity index (χ0n) is 22.4. The number of nitrogens with zero attached hydrogens (tertiary/aromatic N) is 3. The highest BCUT2D eigenvalue weighted by atomic mass is 19.1. The summed E-state index contributed by atoms with van der Waals surface area (Å²) < 4.78 is 13.2. The van der Waals surface area contributed by atoms with Crippen LogP contribution in [0.2, 0.25) is 0 Å². The smallest absolute Gasteiger partial charge is 0.317 e. The summed E-state index contributed by atoms with van der Waals surface area (Å²) in [4.78, 5) is 43.4. The van der Waals surface area contributed by atoms with Crippen molar-refractivity contribution in [2.75, 3.05) is 42.9 Å². The molecule has 1 aliphatic heterocycles. The monoisotopic (exact) mass is 511 g/mol. The highest BCUT2D eigenvalue weighted by molar-refractivity contribution is 5.94. The Morgan fingerprint density at radius 2 is 1.54 bits per heavy atom. The first kappa shape index (κ1) is 28.0. The number of benzene rings is 2. The Morgan fingerprint density at radius 3 is 2.08 bits per heavy atom. The van der Waals surface area contributed by atoms with Crippen LogP contribution in [0.4, 0.5) is 20.6 Å². The molecule has 0 spiro atoms. The minimum atomic E-state index is -0.348. The molecule has 4 amide bonds. The van der Waals surface area contributed by atoms with Gasteiger partial charge in [0.1, 0.15) is 12.4 Å². The van der Waals surface area contributed by atoms with E-state index in [1.165, 1.54) is 17.0 Å². The third-order valence-corrected chi connectivity index (χ3v) is 5.99. The van der Waals surface area contributed by atoms with Crippen molar-refractivity contribution >= 4 is 29.2 Å². The molecule has 2 aromatic rings. The van der Waals surface area contributed by atoms with E-state index < -0.39 is 0 Å². The van der Waals surface area contributed by atoms with Crippen molar-refractivity contribution in [3.05, 3.63) is 59.9 Å². The van der Waals surface area contributed by atoms with Crippen molar-refractivity contribution in [1.82, 2.24) is 15.1 Å². The summed E-state index contributed by atoms with van der Waals surface area (Å²) >= 11 is 0. The zero-order valence-corrected chi connectivity index (χ0v) is 22.4. The van der Waals surface area contributed by atoms with E-state index in [1.54, 1.807) is 26.0 Å². The number of amides is 4. The van der Waals surface area contributed by atoms with Crippen LogP contribution in [-0.2, 0) is 16.1 Å². The van der Waals surface area contributed by atoms with E-state index in [4.69, 9.17) is 0 Å². The van der Waals surface area contributed by atoms with E-state index in [-0.39, 0.29) is 48.2 Å². The fourth-order valence-electron chi connectivity index (χ4n) is 4.08. The molecule has 0 radical (unpaired) electrons. The molecule has 3 rings (SSSR count). The highest BCUT2D eigenvalue weighted by Gasteiger charge is 2.24. The topological polar surface area (TPSA) is 85.0 Å². The first-order valence-corrected chi connectivity index (χ1v) is 12.7. The van der Waals surface area contributed by atoms with Gasteiger partial charge in [0.05, 0.1) is 0 Å². The van der Waals surface area contributed by atoms with E-state index in [9.17, 15) is 18.8 Å². The van der Waals surface area contributed by atoms with Crippen molar-refractivity contribution < 1.29 is 18.8 Å². The van der Waals surface area contributed by atoms with Crippen molar-refractivity contribution in [2.24, 2.45) is 5.92 Å². The quantitative estimate of drug-likeness (QED) is 0.587. The fraction of sp³-hybridized carbons (Fsp3) is 0.464.